The maximum absolute atomic E-state index is 13.2. The second-order valence-electron chi connectivity index (χ2n) is 8.84. The first-order chi connectivity index (χ1) is 16.5. The molecular weight excluding hydrogens is 490 g/mol. The topological polar surface area (TPSA) is 61.4 Å². The van der Waals surface area contributed by atoms with E-state index in [1.807, 2.05) is 61.5 Å². The minimum atomic E-state index is -0.202. The highest BCUT2D eigenvalue weighted by Crippen LogP contribution is 2.23. The third-order valence-electron chi connectivity index (χ3n) is 6.25. The second-order valence-corrected chi connectivity index (χ2v) is 9.76. The minimum Gasteiger partial charge on any atom is -0.345 e. The maximum atomic E-state index is 13.2. The molecule has 1 aliphatic heterocycles. The van der Waals surface area contributed by atoms with E-state index in [2.05, 4.69) is 43.6 Å². The molecule has 1 aliphatic rings. The highest BCUT2D eigenvalue weighted by atomic mass is 79.9. The summed E-state index contributed by atoms with van der Waals surface area (Å²) in [6.07, 6.45) is 1.82. The Bertz CT molecular complexity index is 1140. The van der Waals surface area contributed by atoms with Gasteiger partial charge in [0.05, 0.1) is 23.2 Å². The lowest BCUT2D eigenvalue weighted by Crippen LogP contribution is -2.40. The molecule has 34 heavy (non-hydrogen) atoms. The number of halogens is 1. The van der Waals surface area contributed by atoms with Gasteiger partial charge in [-0.1, -0.05) is 70.5 Å². The summed E-state index contributed by atoms with van der Waals surface area (Å²) in [5.74, 6) is -0.345. The lowest BCUT2D eigenvalue weighted by atomic mass is 9.96. The quantitative estimate of drug-likeness (QED) is 0.415. The van der Waals surface area contributed by atoms with Gasteiger partial charge in [0, 0.05) is 17.6 Å². The average Bonchev–Trinajstić information content (AvgIpc) is 2.85. The Hall–Kier alpha value is -2.96. The van der Waals surface area contributed by atoms with Crippen LogP contribution < -0.4 is 10.6 Å². The fourth-order valence-electron chi connectivity index (χ4n) is 4.43. The average molecular weight is 520 g/mol. The van der Waals surface area contributed by atoms with Crippen molar-refractivity contribution in [2.75, 3.05) is 18.4 Å². The van der Waals surface area contributed by atoms with Gasteiger partial charge in [-0.15, -0.1) is 0 Å². The Kier molecular flexibility index (Phi) is 8.14. The minimum absolute atomic E-state index is 0.0321. The normalized spacial score (nSPS) is 17.1. The van der Waals surface area contributed by atoms with Crippen molar-refractivity contribution in [1.82, 2.24) is 10.2 Å². The first-order valence-corrected chi connectivity index (χ1v) is 12.5. The van der Waals surface area contributed by atoms with Gasteiger partial charge in [0.25, 0.3) is 5.91 Å². The van der Waals surface area contributed by atoms with Gasteiger partial charge in [-0.25, -0.2) is 0 Å². The van der Waals surface area contributed by atoms with Crippen LogP contribution in [0.15, 0.2) is 83.3 Å². The molecule has 1 saturated heterocycles. The molecule has 0 spiro atoms. The largest absolute Gasteiger partial charge is 0.345 e. The summed E-state index contributed by atoms with van der Waals surface area (Å²) in [7, 11) is 0. The van der Waals surface area contributed by atoms with Crippen molar-refractivity contribution < 1.29 is 9.59 Å². The number of nitrogens with one attached hydrogen (secondary N) is 2. The standard InChI is InChI=1S/C28H30BrN3O2/c1-20(22-10-3-2-4-11-22)30-28(34)25-14-5-6-15-26(25)31-27(33)23-12-8-16-32(19-23)18-21-9-7-13-24(29)17-21/h2-7,9-11,13-15,17,20,23H,8,12,16,18-19H2,1H3,(H,30,34)(H,31,33). The van der Waals surface area contributed by atoms with Crippen molar-refractivity contribution in [2.45, 2.75) is 32.4 Å². The third kappa shape index (κ3) is 6.33. The van der Waals surface area contributed by atoms with Gasteiger partial charge >= 0.3 is 0 Å². The fraction of sp³-hybridized carbons (Fsp3) is 0.286. The van der Waals surface area contributed by atoms with Crippen LogP contribution in [-0.2, 0) is 11.3 Å². The van der Waals surface area contributed by atoms with Gasteiger partial charge in [0.2, 0.25) is 5.91 Å². The van der Waals surface area contributed by atoms with Crippen LogP contribution in [0.2, 0.25) is 0 Å². The summed E-state index contributed by atoms with van der Waals surface area (Å²) in [5.41, 5.74) is 3.28. The molecule has 1 heterocycles. The lowest BCUT2D eigenvalue weighted by molar-refractivity contribution is -0.121. The number of hydrogen-bond donors (Lipinski definition) is 2. The third-order valence-corrected chi connectivity index (χ3v) is 6.74. The van der Waals surface area contributed by atoms with E-state index in [-0.39, 0.29) is 23.8 Å². The molecule has 0 saturated carbocycles. The molecular formula is C28H30BrN3O2. The SMILES string of the molecule is CC(NC(=O)c1ccccc1NC(=O)C1CCCN(Cc2cccc(Br)c2)C1)c1ccccc1. The molecule has 176 valence electrons. The summed E-state index contributed by atoms with van der Waals surface area (Å²) < 4.78 is 1.06. The van der Waals surface area contributed by atoms with E-state index in [0.717, 1.165) is 36.0 Å². The van der Waals surface area contributed by atoms with Crippen molar-refractivity contribution in [3.63, 3.8) is 0 Å². The lowest BCUT2D eigenvalue weighted by Gasteiger charge is -2.32. The monoisotopic (exact) mass is 519 g/mol. The van der Waals surface area contributed by atoms with E-state index in [1.165, 1.54) is 5.56 Å². The van der Waals surface area contributed by atoms with Crippen molar-refractivity contribution in [1.29, 1.82) is 0 Å². The molecule has 2 unspecified atom stereocenters. The Morgan fingerprint density at radius 2 is 1.79 bits per heavy atom. The number of para-hydroxylation sites is 1. The Balaban J connectivity index is 1.39. The molecule has 0 aliphatic carbocycles. The zero-order valence-corrected chi connectivity index (χ0v) is 20.9. The summed E-state index contributed by atoms with van der Waals surface area (Å²) in [4.78, 5) is 28.5. The van der Waals surface area contributed by atoms with Gasteiger partial charge in [-0.05, 0) is 61.7 Å². The number of benzene rings is 3. The van der Waals surface area contributed by atoms with Crippen molar-refractivity contribution in [3.8, 4) is 0 Å². The number of piperidine rings is 1. The van der Waals surface area contributed by atoms with Crippen LogP contribution in [0, 0.1) is 5.92 Å². The van der Waals surface area contributed by atoms with Crippen LogP contribution >= 0.6 is 15.9 Å². The highest BCUT2D eigenvalue weighted by molar-refractivity contribution is 9.10. The van der Waals surface area contributed by atoms with Gasteiger partial charge in [0.15, 0.2) is 0 Å². The Morgan fingerprint density at radius 3 is 2.59 bits per heavy atom. The smallest absolute Gasteiger partial charge is 0.253 e. The van der Waals surface area contributed by atoms with E-state index < -0.39 is 0 Å². The molecule has 4 rings (SSSR count). The van der Waals surface area contributed by atoms with Crippen molar-refractivity contribution >= 4 is 33.4 Å². The van der Waals surface area contributed by atoms with Crippen LogP contribution in [0.5, 0.6) is 0 Å². The van der Waals surface area contributed by atoms with Crippen molar-refractivity contribution in [2.24, 2.45) is 5.92 Å². The number of nitrogens with zero attached hydrogens (tertiary/aromatic N) is 1. The van der Waals surface area contributed by atoms with Gasteiger partial charge in [-0.2, -0.15) is 0 Å². The molecule has 0 bridgehead atoms. The Morgan fingerprint density at radius 1 is 1.03 bits per heavy atom. The number of rotatable bonds is 7. The maximum Gasteiger partial charge on any atom is 0.253 e. The molecule has 0 radical (unpaired) electrons. The van der Waals surface area contributed by atoms with Crippen LogP contribution in [0.4, 0.5) is 5.69 Å². The van der Waals surface area contributed by atoms with E-state index in [0.29, 0.717) is 17.8 Å². The highest BCUT2D eigenvalue weighted by Gasteiger charge is 2.27. The van der Waals surface area contributed by atoms with Gasteiger partial charge < -0.3 is 10.6 Å². The molecule has 3 aromatic rings. The number of likely N-dealkylation sites (tertiary alicyclic amines) is 1. The zero-order valence-electron chi connectivity index (χ0n) is 19.3. The van der Waals surface area contributed by atoms with Gasteiger partial charge in [-0.3, -0.25) is 14.5 Å². The van der Waals surface area contributed by atoms with Gasteiger partial charge in [0.1, 0.15) is 0 Å². The predicted octanol–water partition coefficient (Wildman–Crippen LogP) is 5.79. The first kappa shape index (κ1) is 24.2. The van der Waals surface area contributed by atoms with E-state index in [4.69, 9.17) is 0 Å². The van der Waals surface area contributed by atoms with E-state index in [9.17, 15) is 9.59 Å². The molecule has 6 heteroatoms. The molecule has 2 N–H and O–H groups in total. The molecule has 3 aromatic carbocycles. The summed E-state index contributed by atoms with van der Waals surface area (Å²) in [6, 6.07) is 25.2. The molecule has 2 atom stereocenters. The zero-order chi connectivity index (χ0) is 23.9. The summed E-state index contributed by atoms with van der Waals surface area (Å²) in [5, 5.41) is 6.08. The molecule has 5 nitrogen and oxygen atoms in total. The molecule has 1 fully saturated rings. The van der Waals surface area contributed by atoms with Crippen molar-refractivity contribution in [3.05, 3.63) is 100 Å². The first-order valence-electron chi connectivity index (χ1n) is 11.7. The van der Waals surface area contributed by atoms with Crippen LogP contribution in [0.1, 0.15) is 47.3 Å². The van der Waals surface area contributed by atoms with Crippen LogP contribution in [0.3, 0.4) is 0 Å². The van der Waals surface area contributed by atoms with Crippen LogP contribution in [0.25, 0.3) is 0 Å². The molecule has 0 aromatic heterocycles. The number of amides is 2. The number of carbonyl (C=O) groups is 2. The number of anilines is 1. The fourth-order valence-corrected chi connectivity index (χ4v) is 4.88. The molecule has 2 amide bonds. The van der Waals surface area contributed by atoms with E-state index >= 15 is 0 Å². The van der Waals surface area contributed by atoms with Crippen LogP contribution in [-0.4, -0.2) is 29.8 Å². The number of hydrogen-bond acceptors (Lipinski definition) is 3. The number of carbonyl (C=O) groups excluding carboxylic acids is 2. The Labute approximate surface area is 209 Å². The van der Waals surface area contributed by atoms with E-state index in [1.54, 1.807) is 12.1 Å². The predicted molar refractivity (Wildman–Crippen MR) is 140 cm³/mol. The summed E-state index contributed by atoms with van der Waals surface area (Å²) >= 11 is 3.53. The second kappa shape index (κ2) is 11.4. The summed E-state index contributed by atoms with van der Waals surface area (Å²) in [6.45, 7) is 4.46.